The highest BCUT2D eigenvalue weighted by Gasteiger charge is 2.17. The number of hydrogen-bond donors (Lipinski definition) is 2. The van der Waals surface area contributed by atoms with E-state index < -0.39 is 5.60 Å². The maximum Gasteiger partial charge on any atom is 0.251 e. The second-order valence-corrected chi connectivity index (χ2v) is 4.09. The van der Waals surface area contributed by atoms with Crippen molar-refractivity contribution in [3.05, 3.63) is 34.2 Å². The van der Waals surface area contributed by atoms with E-state index in [1.54, 1.807) is 13.2 Å². The number of carbonyl (C=O) groups excluding carboxylic acids is 1. The number of methoxy groups -OCH3 is 1. The van der Waals surface area contributed by atoms with Crippen LogP contribution in [-0.4, -0.2) is 30.1 Å². The third kappa shape index (κ3) is 3.51. The molecule has 16 heavy (non-hydrogen) atoms. The van der Waals surface area contributed by atoms with E-state index in [0.717, 1.165) is 0 Å². The minimum absolute atomic E-state index is 0.281. The van der Waals surface area contributed by atoms with Crippen LogP contribution >= 0.6 is 0 Å². The predicted molar refractivity (Wildman–Crippen MR) is 60.5 cm³/mol. The molecule has 0 saturated carbocycles. The zero-order valence-electron chi connectivity index (χ0n) is 9.66. The zero-order valence-corrected chi connectivity index (χ0v) is 9.66. The number of aromatic amines is 1. The highest BCUT2D eigenvalue weighted by molar-refractivity contribution is 5.93. The van der Waals surface area contributed by atoms with Gasteiger partial charge < -0.3 is 15.0 Å². The SMILES string of the molecule is COC(C)(C)CNC(=O)c1cc[nH]c(=O)c1. The number of carbonyl (C=O) groups is 1. The van der Waals surface area contributed by atoms with Gasteiger partial charge in [0.15, 0.2) is 0 Å². The topological polar surface area (TPSA) is 71.2 Å². The molecule has 0 aliphatic rings. The van der Waals surface area contributed by atoms with Crippen molar-refractivity contribution in [1.29, 1.82) is 0 Å². The van der Waals surface area contributed by atoms with Crippen molar-refractivity contribution < 1.29 is 9.53 Å². The molecule has 1 amide bonds. The van der Waals surface area contributed by atoms with Crippen LogP contribution in [0.5, 0.6) is 0 Å². The monoisotopic (exact) mass is 224 g/mol. The lowest BCUT2D eigenvalue weighted by Crippen LogP contribution is -2.39. The van der Waals surface area contributed by atoms with Crippen LogP contribution < -0.4 is 10.9 Å². The number of amides is 1. The molecule has 1 rings (SSSR count). The average Bonchev–Trinajstić information content (AvgIpc) is 2.26. The third-order valence-electron chi connectivity index (χ3n) is 2.26. The number of rotatable bonds is 4. The van der Waals surface area contributed by atoms with Crippen molar-refractivity contribution in [2.75, 3.05) is 13.7 Å². The maximum absolute atomic E-state index is 11.6. The smallest absolute Gasteiger partial charge is 0.251 e. The minimum atomic E-state index is -0.420. The van der Waals surface area contributed by atoms with E-state index in [4.69, 9.17) is 4.74 Å². The van der Waals surface area contributed by atoms with Crippen LogP contribution in [0.3, 0.4) is 0 Å². The Labute approximate surface area is 93.8 Å². The molecule has 0 fully saturated rings. The van der Waals surface area contributed by atoms with Crippen LogP contribution in [0.2, 0.25) is 0 Å². The van der Waals surface area contributed by atoms with Crippen LogP contribution in [0.1, 0.15) is 24.2 Å². The van der Waals surface area contributed by atoms with Gasteiger partial charge in [0.2, 0.25) is 5.56 Å². The summed E-state index contributed by atoms with van der Waals surface area (Å²) >= 11 is 0. The largest absolute Gasteiger partial charge is 0.377 e. The predicted octanol–water partition coefficient (Wildman–Crippen LogP) is 0.530. The fourth-order valence-electron chi connectivity index (χ4n) is 1.05. The molecule has 1 heterocycles. The number of aromatic nitrogens is 1. The first-order valence-electron chi connectivity index (χ1n) is 4.97. The number of ether oxygens (including phenoxy) is 1. The summed E-state index contributed by atoms with van der Waals surface area (Å²) in [6.45, 7) is 4.12. The molecule has 0 bridgehead atoms. The van der Waals surface area contributed by atoms with Gasteiger partial charge in [-0.2, -0.15) is 0 Å². The van der Waals surface area contributed by atoms with E-state index in [-0.39, 0.29) is 11.5 Å². The van der Waals surface area contributed by atoms with Crippen LogP contribution in [0, 0.1) is 0 Å². The molecule has 0 aliphatic heterocycles. The van der Waals surface area contributed by atoms with Gasteiger partial charge in [-0.3, -0.25) is 9.59 Å². The van der Waals surface area contributed by atoms with Gasteiger partial charge in [0.05, 0.1) is 5.60 Å². The van der Waals surface area contributed by atoms with E-state index in [1.807, 2.05) is 13.8 Å². The van der Waals surface area contributed by atoms with E-state index in [9.17, 15) is 9.59 Å². The summed E-state index contributed by atoms with van der Waals surface area (Å²) in [5, 5.41) is 2.70. The molecular weight excluding hydrogens is 208 g/mol. The lowest BCUT2D eigenvalue weighted by molar-refractivity contribution is 0.0229. The van der Waals surface area contributed by atoms with Crippen molar-refractivity contribution in [1.82, 2.24) is 10.3 Å². The molecule has 0 aliphatic carbocycles. The Kier molecular flexibility index (Phi) is 3.84. The fourth-order valence-corrected chi connectivity index (χ4v) is 1.05. The van der Waals surface area contributed by atoms with Gasteiger partial charge in [0.1, 0.15) is 0 Å². The lowest BCUT2D eigenvalue weighted by Gasteiger charge is -2.22. The molecule has 0 unspecified atom stereocenters. The van der Waals surface area contributed by atoms with Crippen molar-refractivity contribution in [3.63, 3.8) is 0 Å². The zero-order chi connectivity index (χ0) is 12.2. The molecule has 1 aromatic heterocycles. The fraction of sp³-hybridized carbons (Fsp3) is 0.455. The molecule has 0 atom stereocenters. The Morgan fingerprint density at radius 1 is 1.56 bits per heavy atom. The summed E-state index contributed by atoms with van der Waals surface area (Å²) in [5.41, 5.74) is -0.369. The summed E-state index contributed by atoms with van der Waals surface area (Å²) in [5.74, 6) is -0.281. The quantitative estimate of drug-likeness (QED) is 0.783. The second-order valence-electron chi connectivity index (χ2n) is 4.09. The first kappa shape index (κ1) is 12.4. The molecule has 0 spiro atoms. The number of nitrogens with one attached hydrogen (secondary N) is 2. The van der Waals surface area contributed by atoms with Gasteiger partial charge in [-0.05, 0) is 19.9 Å². The average molecular weight is 224 g/mol. The molecule has 88 valence electrons. The number of hydrogen-bond acceptors (Lipinski definition) is 3. The van der Waals surface area contributed by atoms with Crippen LogP contribution in [-0.2, 0) is 4.74 Å². The van der Waals surface area contributed by atoms with E-state index in [2.05, 4.69) is 10.3 Å². The van der Waals surface area contributed by atoms with Gasteiger partial charge in [-0.1, -0.05) is 0 Å². The van der Waals surface area contributed by atoms with Crippen molar-refractivity contribution in [3.8, 4) is 0 Å². The molecular formula is C11H16N2O3. The van der Waals surface area contributed by atoms with Crippen LogP contribution in [0.25, 0.3) is 0 Å². The van der Waals surface area contributed by atoms with Gasteiger partial charge in [0, 0.05) is 31.5 Å². The number of pyridine rings is 1. The maximum atomic E-state index is 11.6. The first-order valence-corrected chi connectivity index (χ1v) is 4.97. The Hall–Kier alpha value is -1.62. The van der Waals surface area contributed by atoms with E-state index in [0.29, 0.717) is 12.1 Å². The van der Waals surface area contributed by atoms with Gasteiger partial charge in [0.25, 0.3) is 5.91 Å². The van der Waals surface area contributed by atoms with Crippen molar-refractivity contribution in [2.45, 2.75) is 19.4 Å². The summed E-state index contributed by atoms with van der Waals surface area (Å²) in [6.07, 6.45) is 1.44. The molecule has 5 nitrogen and oxygen atoms in total. The molecule has 1 aromatic rings. The standard InChI is InChI=1S/C11H16N2O3/c1-11(2,16-3)7-13-10(15)8-4-5-12-9(14)6-8/h4-6H,7H2,1-3H3,(H,12,14)(H,13,15). The van der Waals surface area contributed by atoms with Crippen molar-refractivity contribution in [2.24, 2.45) is 0 Å². The summed E-state index contributed by atoms with van der Waals surface area (Å²) in [7, 11) is 1.58. The Morgan fingerprint density at radius 2 is 2.25 bits per heavy atom. The highest BCUT2D eigenvalue weighted by atomic mass is 16.5. The van der Waals surface area contributed by atoms with E-state index >= 15 is 0 Å². The minimum Gasteiger partial charge on any atom is -0.377 e. The molecule has 5 heteroatoms. The van der Waals surface area contributed by atoms with E-state index in [1.165, 1.54) is 12.3 Å². The van der Waals surface area contributed by atoms with Crippen LogP contribution in [0.4, 0.5) is 0 Å². The van der Waals surface area contributed by atoms with Gasteiger partial charge in [-0.15, -0.1) is 0 Å². The summed E-state index contributed by atoms with van der Waals surface area (Å²) < 4.78 is 5.17. The van der Waals surface area contributed by atoms with Gasteiger partial charge >= 0.3 is 0 Å². The molecule has 0 radical (unpaired) electrons. The lowest BCUT2D eigenvalue weighted by atomic mass is 10.1. The highest BCUT2D eigenvalue weighted by Crippen LogP contribution is 2.05. The van der Waals surface area contributed by atoms with Gasteiger partial charge in [-0.25, -0.2) is 0 Å². The summed E-state index contributed by atoms with van der Waals surface area (Å²) in [4.78, 5) is 25.1. The normalized spacial score (nSPS) is 11.2. The Morgan fingerprint density at radius 3 is 2.81 bits per heavy atom. The Bertz CT molecular complexity index is 423. The summed E-state index contributed by atoms with van der Waals surface area (Å²) in [6, 6.07) is 2.81. The van der Waals surface area contributed by atoms with Crippen LogP contribution in [0.15, 0.2) is 23.1 Å². The Balaban J connectivity index is 2.63. The van der Waals surface area contributed by atoms with Crippen molar-refractivity contribution >= 4 is 5.91 Å². The molecule has 0 aromatic carbocycles. The molecule has 2 N–H and O–H groups in total. The second kappa shape index (κ2) is 4.94. The number of H-pyrrole nitrogens is 1. The first-order chi connectivity index (χ1) is 7.44. The third-order valence-corrected chi connectivity index (χ3v) is 2.26. The molecule has 0 saturated heterocycles.